The summed E-state index contributed by atoms with van der Waals surface area (Å²) in [6.45, 7) is 5.87. The van der Waals surface area contributed by atoms with Crippen LogP contribution < -0.4 is 5.32 Å². The number of pyridine rings is 1. The molecule has 0 amide bonds. The van der Waals surface area contributed by atoms with Crippen molar-refractivity contribution in [2.24, 2.45) is 5.92 Å². The number of aromatic nitrogens is 1. The van der Waals surface area contributed by atoms with Crippen LogP contribution in [-0.2, 0) is 11.2 Å². The number of nitrogens with zero attached hydrogens (tertiary/aromatic N) is 1. The van der Waals surface area contributed by atoms with Crippen LogP contribution in [0.15, 0.2) is 18.5 Å². The molecule has 1 heterocycles. The molecule has 0 fully saturated rings. The smallest absolute Gasteiger partial charge is 0.152 e. The summed E-state index contributed by atoms with van der Waals surface area (Å²) in [7, 11) is 1.83. The van der Waals surface area contributed by atoms with Crippen molar-refractivity contribution in [1.29, 1.82) is 0 Å². The Morgan fingerprint density at radius 2 is 2.12 bits per heavy atom. The van der Waals surface area contributed by atoms with Gasteiger partial charge in [0, 0.05) is 18.3 Å². The van der Waals surface area contributed by atoms with E-state index in [1.54, 1.807) is 0 Å². The van der Waals surface area contributed by atoms with Crippen LogP contribution in [0.2, 0.25) is 0 Å². The van der Waals surface area contributed by atoms with E-state index in [1.165, 1.54) is 0 Å². The molecule has 88 valence electrons. The van der Waals surface area contributed by atoms with Crippen molar-refractivity contribution in [2.75, 3.05) is 7.05 Å². The monoisotopic (exact) mass is 220 g/mol. The first-order valence-corrected chi connectivity index (χ1v) is 5.66. The quantitative estimate of drug-likeness (QED) is 0.822. The first-order valence-electron chi connectivity index (χ1n) is 5.66. The number of carbonyl (C=O) groups excluding carboxylic acids is 1. The van der Waals surface area contributed by atoms with Gasteiger partial charge in [-0.1, -0.05) is 19.9 Å². The average Bonchev–Trinajstić information content (AvgIpc) is 2.25. The lowest BCUT2D eigenvalue weighted by Gasteiger charge is -2.17. The molecule has 0 radical (unpaired) electrons. The molecule has 1 rings (SSSR count). The van der Waals surface area contributed by atoms with Crippen molar-refractivity contribution < 1.29 is 4.79 Å². The molecule has 0 aliphatic carbocycles. The summed E-state index contributed by atoms with van der Waals surface area (Å²) >= 11 is 0. The summed E-state index contributed by atoms with van der Waals surface area (Å²) in [6.07, 6.45) is 4.36. The van der Waals surface area contributed by atoms with Crippen LogP contribution in [0.3, 0.4) is 0 Å². The fraction of sp³-hybridized carbons (Fsp3) is 0.538. The van der Waals surface area contributed by atoms with Gasteiger partial charge in [-0.25, -0.2) is 0 Å². The van der Waals surface area contributed by atoms with Crippen molar-refractivity contribution in [2.45, 2.75) is 33.2 Å². The molecule has 16 heavy (non-hydrogen) atoms. The molecule has 0 aliphatic rings. The van der Waals surface area contributed by atoms with Crippen LogP contribution in [-0.4, -0.2) is 23.9 Å². The van der Waals surface area contributed by atoms with Gasteiger partial charge < -0.3 is 5.32 Å². The third-order valence-corrected chi connectivity index (χ3v) is 2.63. The zero-order valence-corrected chi connectivity index (χ0v) is 10.4. The van der Waals surface area contributed by atoms with E-state index in [0.29, 0.717) is 6.42 Å². The molecule has 0 aliphatic heterocycles. The van der Waals surface area contributed by atoms with Crippen molar-refractivity contribution in [1.82, 2.24) is 10.3 Å². The molecule has 3 nitrogen and oxygen atoms in total. The first kappa shape index (κ1) is 12.8. The van der Waals surface area contributed by atoms with E-state index in [1.807, 2.05) is 40.2 Å². The Hall–Kier alpha value is -1.22. The van der Waals surface area contributed by atoms with Gasteiger partial charge in [0.2, 0.25) is 0 Å². The topological polar surface area (TPSA) is 42.0 Å². The maximum atomic E-state index is 11.9. The Labute approximate surface area is 97.3 Å². The van der Waals surface area contributed by atoms with Gasteiger partial charge in [-0.15, -0.1) is 0 Å². The number of carbonyl (C=O) groups is 1. The Balaban J connectivity index is 2.74. The third kappa shape index (κ3) is 3.42. The number of ketones is 1. The lowest BCUT2D eigenvalue weighted by atomic mass is 9.96. The minimum atomic E-state index is -0.108. The number of hydrogen-bond donors (Lipinski definition) is 1. The highest BCUT2D eigenvalue weighted by Crippen LogP contribution is 2.08. The van der Waals surface area contributed by atoms with Crippen molar-refractivity contribution in [3.63, 3.8) is 0 Å². The van der Waals surface area contributed by atoms with Gasteiger partial charge in [0.1, 0.15) is 0 Å². The Morgan fingerprint density at radius 3 is 2.62 bits per heavy atom. The Morgan fingerprint density at radius 1 is 1.44 bits per heavy atom. The van der Waals surface area contributed by atoms with E-state index in [9.17, 15) is 4.79 Å². The van der Waals surface area contributed by atoms with Crippen LogP contribution in [0.25, 0.3) is 0 Å². The van der Waals surface area contributed by atoms with Gasteiger partial charge in [0.25, 0.3) is 0 Å². The largest absolute Gasteiger partial charge is 0.310 e. The fourth-order valence-electron chi connectivity index (χ4n) is 1.71. The highest BCUT2D eigenvalue weighted by atomic mass is 16.1. The number of likely N-dealkylation sites (N-methyl/N-ethyl adjacent to an activating group) is 1. The predicted molar refractivity (Wildman–Crippen MR) is 65.4 cm³/mol. The van der Waals surface area contributed by atoms with Crippen LogP contribution in [0.5, 0.6) is 0 Å². The van der Waals surface area contributed by atoms with E-state index in [0.717, 1.165) is 11.1 Å². The molecule has 0 saturated carbocycles. The summed E-state index contributed by atoms with van der Waals surface area (Å²) in [5.74, 6) is 0.319. The van der Waals surface area contributed by atoms with Gasteiger partial charge in [0.05, 0.1) is 6.04 Å². The maximum Gasteiger partial charge on any atom is 0.152 e. The number of aryl methyl sites for hydroxylation is 1. The number of hydrogen-bond acceptors (Lipinski definition) is 3. The van der Waals surface area contributed by atoms with E-state index < -0.39 is 0 Å². The second kappa shape index (κ2) is 5.75. The summed E-state index contributed by atoms with van der Waals surface area (Å²) in [5.41, 5.74) is 2.23. The molecule has 0 saturated heterocycles. The summed E-state index contributed by atoms with van der Waals surface area (Å²) in [4.78, 5) is 16.0. The van der Waals surface area contributed by atoms with E-state index in [-0.39, 0.29) is 17.7 Å². The fourth-order valence-corrected chi connectivity index (χ4v) is 1.71. The molecule has 0 bridgehead atoms. The minimum Gasteiger partial charge on any atom is -0.310 e. The molecule has 3 heteroatoms. The highest BCUT2D eigenvalue weighted by molar-refractivity contribution is 5.85. The van der Waals surface area contributed by atoms with Crippen LogP contribution in [0.1, 0.15) is 25.0 Å². The van der Waals surface area contributed by atoms with Gasteiger partial charge in [-0.05, 0) is 31.5 Å². The van der Waals surface area contributed by atoms with Gasteiger partial charge in [0.15, 0.2) is 5.78 Å². The molecular weight excluding hydrogens is 200 g/mol. The molecule has 1 N–H and O–H groups in total. The van der Waals surface area contributed by atoms with Crippen molar-refractivity contribution in [3.8, 4) is 0 Å². The minimum absolute atomic E-state index is 0.0650. The SMILES string of the molecule is CNC(Cc1cncc(C)c1)C(=O)C(C)C. The molecule has 0 spiro atoms. The molecular formula is C13H20N2O. The van der Waals surface area contributed by atoms with E-state index >= 15 is 0 Å². The molecule has 0 aromatic carbocycles. The molecule has 1 aromatic heterocycles. The van der Waals surface area contributed by atoms with Gasteiger partial charge in [-0.3, -0.25) is 9.78 Å². The third-order valence-electron chi connectivity index (χ3n) is 2.63. The van der Waals surface area contributed by atoms with Crippen molar-refractivity contribution in [3.05, 3.63) is 29.6 Å². The highest BCUT2D eigenvalue weighted by Gasteiger charge is 2.19. The Kier molecular flexibility index (Phi) is 4.62. The van der Waals surface area contributed by atoms with Gasteiger partial charge in [-0.2, -0.15) is 0 Å². The maximum absolute atomic E-state index is 11.9. The summed E-state index contributed by atoms with van der Waals surface area (Å²) in [5, 5.41) is 3.07. The zero-order chi connectivity index (χ0) is 12.1. The van der Waals surface area contributed by atoms with Crippen LogP contribution in [0.4, 0.5) is 0 Å². The van der Waals surface area contributed by atoms with E-state index in [2.05, 4.69) is 16.4 Å². The van der Waals surface area contributed by atoms with Crippen LogP contribution in [0, 0.1) is 12.8 Å². The second-order valence-electron chi connectivity index (χ2n) is 4.47. The summed E-state index contributed by atoms with van der Waals surface area (Å²) < 4.78 is 0. The number of rotatable bonds is 5. The zero-order valence-electron chi connectivity index (χ0n) is 10.4. The molecule has 1 aromatic rings. The number of Topliss-reactive ketones (excluding diaryl/α,β-unsaturated/α-hetero) is 1. The van der Waals surface area contributed by atoms with E-state index in [4.69, 9.17) is 0 Å². The van der Waals surface area contributed by atoms with Gasteiger partial charge >= 0.3 is 0 Å². The lowest BCUT2D eigenvalue weighted by Crippen LogP contribution is -2.38. The Bertz CT molecular complexity index is 361. The predicted octanol–water partition coefficient (Wildman–Crippen LogP) is 1.75. The second-order valence-corrected chi connectivity index (χ2v) is 4.47. The average molecular weight is 220 g/mol. The molecule has 1 atom stereocenters. The standard InChI is InChI=1S/C13H20N2O/c1-9(2)13(16)12(14-4)6-11-5-10(3)7-15-8-11/h5,7-9,12,14H,6H2,1-4H3. The molecule has 1 unspecified atom stereocenters. The number of nitrogens with one attached hydrogen (secondary N) is 1. The first-order chi connectivity index (χ1) is 7.54. The lowest BCUT2D eigenvalue weighted by molar-refractivity contribution is -0.123. The normalized spacial score (nSPS) is 12.8. The summed E-state index contributed by atoms with van der Waals surface area (Å²) in [6, 6.07) is 1.97. The van der Waals surface area contributed by atoms with Crippen molar-refractivity contribution >= 4 is 5.78 Å². The van der Waals surface area contributed by atoms with Crippen LogP contribution >= 0.6 is 0 Å².